The van der Waals surface area contributed by atoms with Crippen molar-refractivity contribution in [1.29, 1.82) is 0 Å². The van der Waals surface area contributed by atoms with Gasteiger partial charge in [0.1, 0.15) is 5.52 Å². The predicted octanol–water partition coefficient (Wildman–Crippen LogP) is 4.52. The van der Waals surface area contributed by atoms with Crippen LogP contribution < -0.4 is 5.32 Å². The number of rotatable bonds is 3. The molecule has 6 heteroatoms. The molecule has 108 valence electrons. The van der Waals surface area contributed by atoms with Crippen molar-refractivity contribution in [1.82, 2.24) is 14.6 Å². The molecule has 0 aliphatic rings. The van der Waals surface area contributed by atoms with Crippen molar-refractivity contribution in [2.75, 3.05) is 5.32 Å². The molecule has 21 heavy (non-hydrogen) atoms. The highest BCUT2D eigenvalue weighted by molar-refractivity contribution is 6.35. The highest BCUT2D eigenvalue weighted by atomic mass is 35.5. The van der Waals surface area contributed by atoms with Crippen molar-refractivity contribution in [3.8, 4) is 0 Å². The van der Waals surface area contributed by atoms with E-state index in [0.29, 0.717) is 10.0 Å². The molecule has 3 aromatic rings. The van der Waals surface area contributed by atoms with Crippen LogP contribution in [0.4, 0.5) is 5.82 Å². The van der Waals surface area contributed by atoms with Crippen LogP contribution in [0.1, 0.15) is 24.2 Å². The Morgan fingerprint density at radius 3 is 2.81 bits per heavy atom. The van der Waals surface area contributed by atoms with Crippen LogP contribution in [0.15, 0.2) is 36.7 Å². The van der Waals surface area contributed by atoms with Gasteiger partial charge in [-0.2, -0.15) is 5.10 Å². The monoisotopic (exact) mass is 320 g/mol. The maximum atomic E-state index is 6.25. The van der Waals surface area contributed by atoms with Crippen LogP contribution in [-0.4, -0.2) is 14.6 Å². The quantitative estimate of drug-likeness (QED) is 0.771. The number of benzene rings is 1. The van der Waals surface area contributed by atoms with Crippen molar-refractivity contribution < 1.29 is 0 Å². The summed E-state index contributed by atoms with van der Waals surface area (Å²) >= 11 is 12.2. The van der Waals surface area contributed by atoms with Gasteiger partial charge in [0.05, 0.1) is 11.7 Å². The van der Waals surface area contributed by atoms with E-state index in [4.69, 9.17) is 23.2 Å². The van der Waals surface area contributed by atoms with Crippen LogP contribution in [-0.2, 0) is 0 Å². The molecule has 3 rings (SSSR count). The lowest BCUT2D eigenvalue weighted by Gasteiger charge is -2.17. The standard InChI is InChI=1S/C15H14Cl2N4/c1-9-7-14-15(18-5-6-21(14)20-9)19-10(2)12-4-3-11(16)8-13(12)17/h3-8,10H,1-2H3,(H,18,19). The van der Waals surface area contributed by atoms with Crippen molar-refractivity contribution in [3.63, 3.8) is 0 Å². The van der Waals surface area contributed by atoms with Gasteiger partial charge < -0.3 is 5.32 Å². The van der Waals surface area contributed by atoms with Crippen molar-refractivity contribution in [2.24, 2.45) is 0 Å². The molecule has 0 saturated carbocycles. The van der Waals surface area contributed by atoms with E-state index in [9.17, 15) is 0 Å². The molecule has 4 nitrogen and oxygen atoms in total. The van der Waals surface area contributed by atoms with Crippen LogP contribution in [0.25, 0.3) is 5.52 Å². The largest absolute Gasteiger partial charge is 0.362 e. The fourth-order valence-corrected chi connectivity index (χ4v) is 2.86. The summed E-state index contributed by atoms with van der Waals surface area (Å²) in [5, 5.41) is 9.02. The molecule has 0 bridgehead atoms. The molecule has 1 unspecified atom stereocenters. The zero-order valence-electron chi connectivity index (χ0n) is 11.6. The molecule has 0 spiro atoms. The Kier molecular flexibility index (Phi) is 3.74. The molecule has 0 saturated heterocycles. The van der Waals surface area contributed by atoms with Gasteiger partial charge in [0.25, 0.3) is 0 Å². The lowest BCUT2D eigenvalue weighted by molar-refractivity contribution is 0.865. The fraction of sp³-hybridized carbons (Fsp3) is 0.200. The number of nitrogens with zero attached hydrogens (tertiary/aromatic N) is 3. The minimum atomic E-state index is 0.00340. The number of hydrogen-bond donors (Lipinski definition) is 1. The van der Waals surface area contributed by atoms with E-state index in [0.717, 1.165) is 22.6 Å². The first-order chi connectivity index (χ1) is 10.0. The maximum absolute atomic E-state index is 6.25. The zero-order valence-corrected chi connectivity index (χ0v) is 13.2. The smallest absolute Gasteiger partial charge is 0.152 e. The lowest BCUT2D eigenvalue weighted by Crippen LogP contribution is -2.09. The number of fused-ring (bicyclic) bond motifs is 1. The highest BCUT2D eigenvalue weighted by Gasteiger charge is 2.13. The second-order valence-corrected chi connectivity index (χ2v) is 5.77. The second-order valence-electron chi connectivity index (χ2n) is 4.92. The second kappa shape index (κ2) is 5.54. The number of halogens is 2. The van der Waals surface area contributed by atoms with Crippen LogP contribution in [0.3, 0.4) is 0 Å². The van der Waals surface area contributed by atoms with Crippen molar-refractivity contribution in [2.45, 2.75) is 19.9 Å². The summed E-state index contributed by atoms with van der Waals surface area (Å²) in [7, 11) is 0. The van der Waals surface area contributed by atoms with Crippen molar-refractivity contribution >= 4 is 34.5 Å². The van der Waals surface area contributed by atoms with Crippen LogP contribution in [0.5, 0.6) is 0 Å². The molecule has 0 amide bonds. The molecule has 0 fully saturated rings. The zero-order chi connectivity index (χ0) is 15.0. The SMILES string of the molecule is Cc1cc2c(NC(C)c3ccc(Cl)cc3Cl)nccn2n1. The van der Waals surface area contributed by atoms with Gasteiger partial charge in [-0.3, -0.25) is 0 Å². The number of aromatic nitrogens is 3. The van der Waals surface area contributed by atoms with Gasteiger partial charge in [0.2, 0.25) is 0 Å². The molecular weight excluding hydrogens is 307 g/mol. The van der Waals surface area contributed by atoms with Gasteiger partial charge in [-0.25, -0.2) is 9.50 Å². The third kappa shape index (κ3) is 2.82. The van der Waals surface area contributed by atoms with E-state index in [-0.39, 0.29) is 6.04 Å². The first-order valence-electron chi connectivity index (χ1n) is 6.57. The van der Waals surface area contributed by atoms with Gasteiger partial charge in [0, 0.05) is 22.4 Å². The summed E-state index contributed by atoms with van der Waals surface area (Å²) in [4.78, 5) is 4.39. The predicted molar refractivity (Wildman–Crippen MR) is 86.2 cm³/mol. The summed E-state index contributed by atoms with van der Waals surface area (Å²) in [6.07, 6.45) is 3.55. The summed E-state index contributed by atoms with van der Waals surface area (Å²) < 4.78 is 1.81. The number of hydrogen-bond acceptors (Lipinski definition) is 3. The number of aryl methyl sites for hydroxylation is 1. The summed E-state index contributed by atoms with van der Waals surface area (Å²) in [6.45, 7) is 3.99. The van der Waals surface area contributed by atoms with Gasteiger partial charge in [-0.1, -0.05) is 29.3 Å². The Morgan fingerprint density at radius 2 is 2.05 bits per heavy atom. The molecule has 0 aliphatic carbocycles. The Labute approximate surface area is 132 Å². The van der Waals surface area contributed by atoms with E-state index in [1.54, 1.807) is 16.8 Å². The van der Waals surface area contributed by atoms with E-state index in [1.807, 2.05) is 38.2 Å². The van der Waals surface area contributed by atoms with E-state index < -0.39 is 0 Å². The van der Waals surface area contributed by atoms with Crippen molar-refractivity contribution in [3.05, 3.63) is 58.0 Å². The molecule has 1 aromatic carbocycles. The van der Waals surface area contributed by atoms with Gasteiger partial charge >= 0.3 is 0 Å². The molecule has 0 aliphatic heterocycles. The van der Waals surface area contributed by atoms with Gasteiger partial charge in [-0.15, -0.1) is 0 Å². The average molecular weight is 321 g/mol. The Hall–Kier alpha value is -1.78. The van der Waals surface area contributed by atoms with Crippen LogP contribution in [0.2, 0.25) is 10.0 Å². The molecule has 1 N–H and O–H groups in total. The molecule has 2 aromatic heterocycles. The topological polar surface area (TPSA) is 42.2 Å². The maximum Gasteiger partial charge on any atom is 0.152 e. The molecular formula is C15H14Cl2N4. The van der Waals surface area contributed by atoms with E-state index in [2.05, 4.69) is 15.4 Å². The van der Waals surface area contributed by atoms with E-state index >= 15 is 0 Å². The Bertz CT molecular complexity index is 797. The van der Waals surface area contributed by atoms with Crippen LogP contribution >= 0.6 is 23.2 Å². The summed E-state index contributed by atoms with van der Waals surface area (Å²) in [6, 6.07) is 7.49. The summed E-state index contributed by atoms with van der Waals surface area (Å²) in [5.41, 5.74) is 2.86. The highest BCUT2D eigenvalue weighted by Crippen LogP contribution is 2.29. The third-order valence-corrected chi connectivity index (χ3v) is 3.86. The van der Waals surface area contributed by atoms with E-state index in [1.165, 1.54) is 0 Å². The third-order valence-electron chi connectivity index (χ3n) is 3.29. The fourth-order valence-electron chi connectivity index (χ4n) is 2.29. The summed E-state index contributed by atoms with van der Waals surface area (Å²) in [5.74, 6) is 0.775. The lowest BCUT2D eigenvalue weighted by atomic mass is 10.1. The molecule has 2 heterocycles. The average Bonchev–Trinajstić information content (AvgIpc) is 2.80. The minimum Gasteiger partial charge on any atom is -0.362 e. The Morgan fingerprint density at radius 1 is 1.24 bits per heavy atom. The number of nitrogens with one attached hydrogen (secondary N) is 1. The molecule has 0 radical (unpaired) electrons. The van der Waals surface area contributed by atoms with Crippen LogP contribution in [0, 0.1) is 6.92 Å². The normalized spacial score (nSPS) is 12.6. The number of anilines is 1. The van der Waals surface area contributed by atoms with Gasteiger partial charge in [-0.05, 0) is 37.6 Å². The molecule has 1 atom stereocenters. The first kappa shape index (κ1) is 14.2. The Balaban J connectivity index is 1.94. The minimum absolute atomic E-state index is 0.00340. The van der Waals surface area contributed by atoms with Gasteiger partial charge in [0.15, 0.2) is 5.82 Å². The first-order valence-corrected chi connectivity index (χ1v) is 7.32.